The molecule has 0 aromatic carbocycles. The normalized spacial score (nSPS) is 22.2. The van der Waals surface area contributed by atoms with E-state index in [4.69, 9.17) is 13.6 Å². The van der Waals surface area contributed by atoms with Crippen LogP contribution in [0.15, 0.2) is 0 Å². The molecule has 1 fully saturated rings. The van der Waals surface area contributed by atoms with Crippen molar-refractivity contribution in [1.29, 1.82) is 0 Å². The Morgan fingerprint density at radius 1 is 0.885 bits per heavy atom. The molecule has 0 aliphatic heterocycles. The predicted molar refractivity (Wildman–Crippen MR) is 105 cm³/mol. The first-order chi connectivity index (χ1) is 12.3. The maximum absolute atomic E-state index is 13.7. The molecule has 156 valence electrons. The molecule has 2 unspecified atom stereocenters. The Kier molecular flexibility index (Phi) is 10.6. The molecule has 0 spiro atoms. The Hall–Kier alpha value is 0.260. The van der Waals surface area contributed by atoms with Crippen molar-refractivity contribution in [2.45, 2.75) is 90.1 Å². The molecule has 0 heterocycles. The van der Waals surface area contributed by atoms with Crippen LogP contribution in [0.2, 0.25) is 0 Å². The summed E-state index contributed by atoms with van der Waals surface area (Å²) in [5.41, 5.74) is 0. The van der Waals surface area contributed by atoms with E-state index in [1.807, 2.05) is 0 Å². The fraction of sp³-hybridized carbons (Fsp3) is 1.00. The fourth-order valence-corrected chi connectivity index (χ4v) is 8.59. The summed E-state index contributed by atoms with van der Waals surface area (Å²) in [7, 11) is -8.28. The predicted octanol–water partition coefficient (Wildman–Crippen LogP) is 5.24. The van der Waals surface area contributed by atoms with E-state index in [2.05, 4.69) is 5.32 Å². The van der Waals surface area contributed by atoms with E-state index in [-0.39, 0.29) is 32.3 Å². The zero-order valence-electron chi connectivity index (χ0n) is 16.7. The van der Waals surface area contributed by atoms with Crippen LogP contribution >= 0.6 is 15.2 Å². The largest absolute Gasteiger partial charge is 0.362 e. The monoisotopic (exact) mass is 413 g/mol. The SMILES string of the molecule is CCOP(=O)(O)C(CC)(NC1CCCCCCC1)P(=O)(OCC)OCC. The lowest BCUT2D eigenvalue weighted by molar-refractivity contribution is 0.174. The Morgan fingerprint density at radius 3 is 1.77 bits per heavy atom. The van der Waals surface area contributed by atoms with Crippen molar-refractivity contribution < 1.29 is 27.6 Å². The Balaban J connectivity index is 3.33. The topological polar surface area (TPSA) is 94.1 Å². The third kappa shape index (κ3) is 5.64. The van der Waals surface area contributed by atoms with Gasteiger partial charge in [0.15, 0.2) is 0 Å². The van der Waals surface area contributed by atoms with Gasteiger partial charge in [0.1, 0.15) is 0 Å². The van der Waals surface area contributed by atoms with E-state index in [0.717, 1.165) is 38.5 Å². The molecular weight excluding hydrogens is 376 g/mol. The molecule has 1 saturated carbocycles. The van der Waals surface area contributed by atoms with E-state index < -0.39 is 20.2 Å². The van der Waals surface area contributed by atoms with E-state index in [1.165, 1.54) is 6.42 Å². The van der Waals surface area contributed by atoms with E-state index >= 15 is 0 Å². The quantitative estimate of drug-likeness (QED) is 0.447. The minimum absolute atomic E-state index is 0.0228. The maximum Gasteiger partial charge on any atom is 0.362 e. The molecule has 0 radical (unpaired) electrons. The van der Waals surface area contributed by atoms with Crippen molar-refractivity contribution in [3.8, 4) is 0 Å². The van der Waals surface area contributed by atoms with Crippen LogP contribution in [0.25, 0.3) is 0 Å². The Labute approximate surface area is 158 Å². The smallest absolute Gasteiger partial charge is 0.323 e. The van der Waals surface area contributed by atoms with Crippen LogP contribution in [0.4, 0.5) is 0 Å². The zero-order valence-corrected chi connectivity index (χ0v) is 18.5. The molecule has 26 heavy (non-hydrogen) atoms. The molecule has 2 N–H and O–H groups in total. The lowest BCUT2D eigenvalue weighted by Crippen LogP contribution is -2.50. The van der Waals surface area contributed by atoms with Gasteiger partial charge in [-0.1, -0.05) is 39.0 Å². The van der Waals surface area contributed by atoms with Gasteiger partial charge in [-0.05, 0) is 40.0 Å². The standard InChI is InChI=1S/C17H37NO6P2/c1-5-17(25(19,20)22-6-2,26(21,23-7-3)24-8-4)18-16-14-12-10-9-11-13-15-16/h16,18H,5-15H2,1-4H3,(H,19,20). The van der Waals surface area contributed by atoms with Crippen molar-refractivity contribution in [2.24, 2.45) is 0 Å². The molecule has 2 atom stereocenters. The van der Waals surface area contributed by atoms with Crippen LogP contribution in [0.1, 0.15) is 79.1 Å². The van der Waals surface area contributed by atoms with Gasteiger partial charge < -0.3 is 18.5 Å². The molecule has 0 aromatic heterocycles. The first-order valence-electron chi connectivity index (χ1n) is 9.96. The van der Waals surface area contributed by atoms with Gasteiger partial charge in [0.05, 0.1) is 19.8 Å². The van der Waals surface area contributed by atoms with E-state index in [1.54, 1.807) is 27.7 Å². The molecule has 0 aromatic rings. The van der Waals surface area contributed by atoms with E-state index in [9.17, 15) is 14.0 Å². The van der Waals surface area contributed by atoms with Crippen LogP contribution in [0.3, 0.4) is 0 Å². The molecule has 9 heteroatoms. The number of hydrogen-bond acceptors (Lipinski definition) is 6. The summed E-state index contributed by atoms with van der Waals surface area (Å²) in [6.07, 6.45) is 7.43. The highest BCUT2D eigenvalue weighted by Crippen LogP contribution is 2.75. The minimum atomic E-state index is -4.33. The molecule has 1 aliphatic carbocycles. The second-order valence-electron chi connectivity index (χ2n) is 6.63. The van der Waals surface area contributed by atoms with Crippen LogP contribution in [0, 0.1) is 0 Å². The summed E-state index contributed by atoms with van der Waals surface area (Å²) >= 11 is 0. The van der Waals surface area contributed by atoms with Crippen LogP contribution in [-0.2, 0) is 22.7 Å². The van der Waals surface area contributed by atoms with Gasteiger partial charge >= 0.3 is 15.2 Å². The minimum Gasteiger partial charge on any atom is -0.323 e. The summed E-state index contributed by atoms with van der Waals surface area (Å²) < 4.78 is 43.2. The Morgan fingerprint density at radius 2 is 1.35 bits per heavy atom. The van der Waals surface area contributed by atoms with Crippen molar-refractivity contribution in [3.63, 3.8) is 0 Å². The maximum atomic E-state index is 13.7. The molecule has 7 nitrogen and oxygen atoms in total. The summed E-state index contributed by atoms with van der Waals surface area (Å²) in [5.74, 6) is 0. The van der Waals surface area contributed by atoms with Crippen molar-refractivity contribution >= 4 is 15.2 Å². The fourth-order valence-electron chi connectivity index (χ4n) is 3.61. The molecule has 0 bridgehead atoms. The van der Waals surface area contributed by atoms with Crippen molar-refractivity contribution in [2.75, 3.05) is 19.8 Å². The van der Waals surface area contributed by atoms with Crippen LogP contribution < -0.4 is 5.32 Å². The first kappa shape index (κ1) is 24.3. The lowest BCUT2D eigenvalue weighted by atomic mass is 9.97. The highest BCUT2D eigenvalue weighted by Gasteiger charge is 2.63. The number of nitrogens with one attached hydrogen (secondary N) is 1. The second kappa shape index (κ2) is 11.3. The van der Waals surface area contributed by atoms with Gasteiger partial charge in [0.25, 0.3) is 0 Å². The summed E-state index contributed by atoms with van der Waals surface area (Å²) in [6.45, 7) is 7.05. The zero-order chi connectivity index (χ0) is 19.7. The molecule has 0 saturated heterocycles. The summed E-state index contributed by atoms with van der Waals surface area (Å²) in [5, 5.41) is 1.51. The van der Waals surface area contributed by atoms with Gasteiger partial charge in [-0.2, -0.15) is 0 Å². The van der Waals surface area contributed by atoms with Crippen LogP contribution in [-0.4, -0.2) is 35.8 Å². The third-order valence-electron chi connectivity index (χ3n) is 4.86. The number of hydrogen-bond donors (Lipinski definition) is 2. The molecule has 1 rings (SSSR count). The van der Waals surface area contributed by atoms with Gasteiger partial charge in [-0.3, -0.25) is 14.4 Å². The van der Waals surface area contributed by atoms with Crippen molar-refractivity contribution in [1.82, 2.24) is 5.32 Å². The van der Waals surface area contributed by atoms with Gasteiger partial charge in [0, 0.05) is 6.04 Å². The third-order valence-corrected chi connectivity index (χ3v) is 10.9. The van der Waals surface area contributed by atoms with Crippen molar-refractivity contribution in [3.05, 3.63) is 0 Å². The first-order valence-corrected chi connectivity index (χ1v) is 13.1. The van der Waals surface area contributed by atoms with Gasteiger partial charge in [-0.25, -0.2) is 0 Å². The van der Waals surface area contributed by atoms with Crippen LogP contribution in [0.5, 0.6) is 0 Å². The molecular formula is C17H37NO6P2. The van der Waals surface area contributed by atoms with Gasteiger partial charge in [0.2, 0.25) is 5.02 Å². The summed E-state index contributed by atoms with van der Waals surface area (Å²) in [4.78, 5) is 10.8. The lowest BCUT2D eigenvalue weighted by Gasteiger charge is -2.43. The second-order valence-corrected chi connectivity index (χ2v) is 11.3. The van der Waals surface area contributed by atoms with E-state index in [0.29, 0.717) is 0 Å². The summed E-state index contributed by atoms with van der Waals surface area (Å²) in [6, 6.07) is -0.0228. The average molecular weight is 413 g/mol. The highest BCUT2D eigenvalue weighted by molar-refractivity contribution is 7.73. The molecule has 1 aliphatic rings. The van der Waals surface area contributed by atoms with Gasteiger partial charge in [-0.15, -0.1) is 0 Å². The number of rotatable bonds is 11. The highest BCUT2D eigenvalue weighted by atomic mass is 31.2. The average Bonchev–Trinajstić information content (AvgIpc) is 2.54. The Bertz CT molecular complexity index is 486. The molecule has 0 amide bonds.